The van der Waals surface area contributed by atoms with E-state index in [0.717, 1.165) is 25.9 Å². The van der Waals surface area contributed by atoms with E-state index in [1.807, 2.05) is 4.90 Å². The third kappa shape index (κ3) is 4.97. The van der Waals surface area contributed by atoms with Crippen LogP contribution in [-0.4, -0.2) is 35.6 Å². The fourth-order valence-electron chi connectivity index (χ4n) is 1.68. The van der Waals surface area contributed by atoms with Gasteiger partial charge in [0.05, 0.1) is 4.99 Å². The van der Waals surface area contributed by atoms with E-state index < -0.39 is 0 Å². The molecule has 15 heavy (non-hydrogen) atoms. The molecule has 2 amide bonds. The van der Waals surface area contributed by atoms with Gasteiger partial charge < -0.3 is 16.0 Å². The fourth-order valence-corrected chi connectivity index (χ4v) is 1.78. The van der Waals surface area contributed by atoms with Crippen LogP contribution < -0.4 is 11.1 Å². The van der Waals surface area contributed by atoms with E-state index in [1.54, 1.807) is 0 Å². The van der Waals surface area contributed by atoms with E-state index in [0.29, 0.717) is 18.0 Å². The Kier molecular flexibility index (Phi) is 5.39. The Labute approximate surface area is 96.2 Å². The maximum Gasteiger partial charge on any atom is 0.317 e. The molecule has 86 valence electrons. The molecule has 0 aromatic rings. The number of carbonyl (C=O) groups is 1. The van der Waals surface area contributed by atoms with Crippen LogP contribution in [0.3, 0.4) is 0 Å². The van der Waals surface area contributed by atoms with Crippen molar-refractivity contribution in [2.45, 2.75) is 32.1 Å². The summed E-state index contributed by atoms with van der Waals surface area (Å²) in [5.74, 6) is 0. The van der Waals surface area contributed by atoms with Crippen LogP contribution in [0.25, 0.3) is 0 Å². The summed E-state index contributed by atoms with van der Waals surface area (Å²) in [4.78, 5) is 14.0. The van der Waals surface area contributed by atoms with Gasteiger partial charge in [-0.1, -0.05) is 25.1 Å². The highest BCUT2D eigenvalue weighted by atomic mass is 32.1. The molecule has 1 heterocycles. The molecule has 0 atom stereocenters. The molecule has 4 nitrogen and oxygen atoms in total. The predicted octanol–water partition coefficient (Wildman–Crippen LogP) is 1.25. The Morgan fingerprint density at radius 2 is 1.87 bits per heavy atom. The highest BCUT2D eigenvalue weighted by Crippen LogP contribution is 2.09. The van der Waals surface area contributed by atoms with Gasteiger partial charge in [0.25, 0.3) is 0 Å². The fraction of sp³-hybridized carbons (Fsp3) is 0.800. The zero-order chi connectivity index (χ0) is 11.1. The van der Waals surface area contributed by atoms with Gasteiger partial charge in [0.1, 0.15) is 0 Å². The number of hydrogen-bond acceptors (Lipinski definition) is 2. The second-order valence-electron chi connectivity index (χ2n) is 3.85. The Morgan fingerprint density at radius 1 is 1.27 bits per heavy atom. The van der Waals surface area contributed by atoms with Crippen molar-refractivity contribution in [3.8, 4) is 0 Å². The zero-order valence-corrected chi connectivity index (χ0v) is 9.81. The Hall–Kier alpha value is -0.840. The molecule has 0 saturated carbocycles. The van der Waals surface area contributed by atoms with Crippen molar-refractivity contribution in [3.63, 3.8) is 0 Å². The topological polar surface area (TPSA) is 58.4 Å². The minimum Gasteiger partial charge on any atom is -0.393 e. The van der Waals surface area contributed by atoms with Crippen LogP contribution in [0.15, 0.2) is 0 Å². The summed E-state index contributed by atoms with van der Waals surface area (Å²) >= 11 is 4.74. The molecule has 0 aromatic carbocycles. The standard InChI is InChI=1S/C10H19N3OS/c11-9(15)5-6-12-10(14)13-7-3-1-2-4-8-13/h1-8H2,(H2,11,15)(H,12,14). The molecule has 3 N–H and O–H groups in total. The van der Waals surface area contributed by atoms with Gasteiger partial charge in [0, 0.05) is 26.1 Å². The van der Waals surface area contributed by atoms with Gasteiger partial charge in [-0.2, -0.15) is 0 Å². The van der Waals surface area contributed by atoms with Crippen LogP contribution in [-0.2, 0) is 0 Å². The molecule has 0 radical (unpaired) electrons. The second-order valence-corrected chi connectivity index (χ2v) is 4.37. The number of hydrogen-bond donors (Lipinski definition) is 2. The SMILES string of the molecule is NC(=S)CCNC(=O)N1CCCCCC1. The number of rotatable bonds is 3. The average molecular weight is 229 g/mol. The molecular formula is C10H19N3OS. The van der Waals surface area contributed by atoms with Crippen molar-refractivity contribution >= 4 is 23.2 Å². The van der Waals surface area contributed by atoms with Crippen LogP contribution in [0.1, 0.15) is 32.1 Å². The van der Waals surface area contributed by atoms with Crippen LogP contribution >= 0.6 is 12.2 Å². The number of nitrogens with two attached hydrogens (primary N) is 1. The summed E-state index contributed by atoms with van der Waals surface area (Å²) in [6.07, 6.45) is 5.27. The first kappa shape index (κ1) is 12.2. The number of likely N-dealkylation sites (tertiary alicyclic amines) is 1. The van der Waals surface area contributed by atoms with Gasteiger partial charge in [-0.25, -0.2) is 4.79 Å². The molecule has 1 fully saturated rings. The lowest BCUT2D eigenvalue weighted by molar-refractivity contribution is 0.200. The summed E-state index contributed by atoms with van der Waals surface area (Å²) in [6, 6.07) is 0.0214. The minimum atomic E-state index is 0.0214. The first-order valence-corrected chi connectivity index (χ1v) is 5.92. The van der Waals surface area contributed by atoms with E-state index >= 15 is 0 Å². The van der Waals surface area contributed by atoms with Crippen LogP contribution in [0.4, 0.5) is 4.79 Å². The van der Waals surface area contributed by atoms with Crippen molar-refractivity contribution in [1.82, 2.24) is 10.2 Å². The molecule has 0 aliphatic carbocycles. The highest BCUT2D eigenvalue weighted by Gasteiger charge is 2.14. The van der Waals surface area contributed by atoms with E-state index in [-0.39, 0.29) is 6.03 Å². The van der Waals surface area contributed by atoms with Crippen LogP contribution in [0.5, 0.6) is 0 Å². The van der Waals surface area contributed by atoms with E-state index in [9.17, 15) is 4.79 Å². The predicted molar refractivity (Wildman–Crippen MR) is 64.8 cm³/mol. The minimum absolute atomic E-state index is 0.0214. The number of thiocarbonyl (C=S) groups is 1. The highest BCUT2D eigenvalue weighted by molar-refractivity contribution is 7.80. The van der Waals surface area contributed by atoms with Crippen molar-refractivity contribution in [3.05, 3.63) is 0 Å². The molecule has 0 unspecified atom stereocenters. The van der Waals surface area contributed by atoms with Gasteiger partial charge in [-0.3, -0.25) is 0 Å². The van der Waals surface area contributed by atoms with Crippen molar-refractivity contribution < 1.29 is 4.79 Å². The van der Waals surface area contributed by atoms with Gasteiger partial charge >= 0.3 is 6.03 Å². The Morgan fingerprint density at radius 3 is 2.40 bits per heavy atom. The smallest absolute Gasteiger partial charge is 0.317 e. The monoisotopic (exact) mass is 229 g/mol. The lowest BCUT2D eigenvalue weighted by Crippen LogP contribution is -2.41. The van der Waals surface area contributed by atoms with Gasteiger partial charge in [0.15, 0.2) is 0 Å². The largest absolute Gasteiger partial charge is 0.393 e. The lowest BCUT2D eigenvalue weighted by Gasteiger charge is -2.20. The first-order chi connectivity index (χ1) is 7.20. The molecule has 0 aromatic heterocycles. The molecule has 1 rings (SSSR count). The quantitative estimate of drug-likeness (QED) is 0.716. The zero-order valence-electron chi connectivity index (χ0n) is 9.00. The molecular weight excluding hydrogens is 210 g/mol. The molecule has 1 aliphatic heterocycles. The summed E-state index contributed by atoms with van der Waals surface area (Å²) in [5.41, 5.74) is 5.35. The maximum atomic E-state index is 11.7. The Balaban J connectivity index is 2.22. The number of nitrogens with zero attached hydrogens (tertiary/aromatic N) is 1. The van der Waals surface area contributed by atoms with Gasteiger partial charge in [0.2, 0.25) is 0 Å². The normalized spacial score (nSPS) is 16.9. The third-order valence-corrected chi connectivity index (χ3v) is 2.75. The number of carbonyl (C=O) groups excluding carboxylic acids is 1. The molecule has 1 aliphatic rings. The van der Waals surface area contributed by atoms with Crippen LogP contribution in [0, 0.1) is 0 Å². The summed E-state index contributed by atoms with van der Waals surface area (Å²) in [6.45, 7) is 2.29. The van der Waals surface area contributed by atoms with E-state index in [4.69, 9.17) is 18.0 Å². The maximum absolute atomic E-state index is 11.7. The van der Waals surface area contributed by atoms with Gasteiger partial charge in [-0.05, 0) is 12.8 Å². The molecule has 1 saturated heterocycles. The molecule has 0 spiro atoms. The van der Waals surface area contributed by atoms with Gasteiger partial charge in [-0.15, -0.1) is 0 Å². The van der Waals surface area contributed by atoms with Crippen LogP contribution in [0.2, 0.25) is 0 Å². The number of amides is 2. The molecule has 0 bridgehead atoms. The molecule has 5 heteroatoms. The van der Waals surface area contributed by atoms with Crippen molar-refractivity contribution in [2.24, 2.45) is 5.73 Å². The number of nitrogens with one attached hydrogen (secondary N) is 1. The summed E-state index contributed by atoms with van der Waals surface area (Å²) in [7, 11) is 0. The third-order valence-electron chi connectivity index (χ3n) is 2.54. The van der Waals surface area contributed by atoms with Crippen molar-refractivity contribution in [2.75, 3.05) is 19.6 Å². The van der Waals surface area contributed by atoms with E-state index in [1.165, 1.54) is 12.8 Å². The average Bonchev–Trinajstić information content (AvgIpc) is 2.44. The summed E-state index contributed by atoms with van der Waals surface area (Å²) < 4.78 is 0. The lowest BCUT2D eigenvalue weighted by atomic mass is 10.2. The Bertz CT molecular complexity index is 225. The van der Waals surface area contributed by atoms with E-state index in [2.05, 4.69) is 5.32 Å². The summed E-state index contributed by atoms with van der Waals surface area (Å²) in [5, 5.41) is 2.83. The first-order valence-electron chi connectivity index (χ1n) is 5.51. The van der Waals surface area contributed by atoms with Crippen molar-refractivity contribution in [1.29, 1.82) is 0 Å². The number of urea groups is 1. The second kappa shape index (κ2) is 6.61.